The van der Waals surface area contributed by atoms with Crippen molar-refractivity contribution < 1.29 is 9.26 Å². The Bertz CT molecular complexity index is 415. The fourth-order valence-corrected chi connectivity index (χ4v) is 3.47. The molecule has 0 radical (unpaired) electrons. The minimum atomic E-state index is 0.324. The first-order chi connectivity index (χ1) is 9.81. The van der Waals surface area contributed by atoms with E-state index in [1.807, 2.05) is 6.92 Å². The molecular formula is C15H25N3O2. The molecule has 5 nitrogen and oxygen atoms in total. The SMILES string of the molecule is Cc1nc(COC2CCCN(C3CCCCC3)C2)no1. The molecule has 2 heterocycles. The highest BCUT2D eigenvalue weighted by atomic mass is 16.5. The normalized spacial score (nSPS) is 25.9. The van der Waals surface area contributed by atoms with E-state index in [0.717, 1.165) is 19.0 Å². The second-order valence-corrected chi connectivity index (χ2v) is 6.09. The van der Waals surface area contributed by atoms with Crippen molar-refractivity contribution in [3.05, 3.63) is 11.7 Å². The van der Waals surface area contributed by atoms with Crippen molar-refractivity contribution >= 4 is 0 Å². The number of hydrogen-bond acceptors (Lipinski definition) is 5. The Labute approximate surface area is 120 Å². The number of aromatic nitrogens is 2. The summed E-state index contributed by atoms with van der Waals surface area (Å²) < 4.78 is 10.9. The van der Waals surface area contributed by atoms with E-state index in [2.05, 4.69) is 15.0 Å². The molecule has 0 N–H and O–H groups in total. The quantitative estimate of drug-likeness (QED) is 0.848. The maximum absolute atomic E-state index is 5.98. The molecule has 2 fully saturated rings. The molecule has 0 bridgehead atoms. The first-order valence-electron chi connectivity index (χ1n) is 7.96. The molecule has 1 aliphatic heterocycles. The summed E-state index contributed by atoms with van der Waals surface area (Å²) in [6.45, 7) is 4.59. The van der Waals surface area contributed by atoms with E-state index in [9.17, 15) is 0 Å². The second-order valence-electron chi connectivity index (χ2n) is 6.09. The Kier molecular flexibility index (Phi) is 4.68. The molecule has 1 aromatic rings. The Hall–Kier alpha value is -0.940. The Balaban J connectivity index is 1.47. The van der Waals surface area contributed by atoms with E-state index in [-0.39, 0.29) is 0 Å². The zero-order valence-corrected chi connectivity index (χ0v) is 12.4. The van der Waals surface area contributed by atoms with Crippen LogP contribution in [0.5, 0.6) is 0 Å². The van der Waals surface area contributed by atoms with Crippen LogP contribution in [0.1, 0.15) is 56.7 Å². The van der Waals surface area contributed by atoms with Gasteiger partial charge in [-0.25, -0.2) is 0 Å². The Morgan fingerprint density at radius 2 is 2.05 bits per heavy atom. The number of nitrogens with zero attached hydrogens (tertiary/aromatic N) is 3. The van der Waals surface area contributed by atoms with Crippen molar-refractivity contribution in [1.29, 1.82) is 0 Å². The summed E-state index contributed by atoms with van der Waals surface area (Å²) in [5.41, 5.74) is 0. The molecular weight excluding hydrogens is 254 g/mol. The highest BCUT2D eigenvalue weighted by Gasteiger charge is 2.27. The average molecular weight is 279 g/mol. The van der Waals surface area contributed by atoms with Gasteiger partial charge in [0.1, 0.15) is 6.61 Å². The molecule has 1 unspecified atom stereocenters. The molecule has 20 heavy (non-hydrogen) atoms. The van der Waals surface area contributed by atoms with Gasteiger partial charge in [-0.15, -0.1) is 0 Å². The van der Waals surface area contributed by atoms with Crippen molar-refractivity contribution in [1.82, 2.24) is 15.0 Å². The largest absolute Gasteiger partial charge is 0.369 e. The van der Waals surface area contributed by atoms with Gasteiger partial charge in [0.25, 0.3) is 0 Å². The zero-order chi connectivity index (χ0) is 13.8. The molecule has 0 spiro atoms. The van der Waals surface area contributed by atoms with Crippen LogP contribution in [0.3, 0.4) is 0 Å². The summed E-state index contributed by atoms with van der Waals surface area (Å²) in [5, 5.41) is 3.88. The van der Waals surface area contributed by atoms with E-state index in [4.69, 9.17) is 9.26 Å². The molecule has 112 valence electrons. The molecule has 1 saturated carbocycles. The molecule has 0 aromatic carbocycles. The third-order valence-corrected chi connectivity index (χ3v) is 4.52. The van der Waals surface area contributed by atoms with Crippen molar-refractivity contribution in [3.63, 3.8) is 0 Å². The molecule has 1 atom stereocenters. The Morgan fingerprint density at radius 3 is 2.80 bits per heavy atom. The standard InChI is InChI=1S/C15H25N3O2/c1-12-16-15(17-20-12)11-19-14-8-5-9-18(10-14)13-6-3-2-4-7-13/h13-14H,2-11H2,1H3. The van der Waals surface area contributed by atoms with Gasteiger partial charge in [0.15, 0.2) is 5.82 Å². The predicted octanol–water partition coefficient (Wildman–Crippen LogP) is 2.69. The first-order valence-corrected chi connectivity index (χ1v) is 7.96. The fraction of sp³-hybridized carbons (Fsp3) is 0.867. The van der Waals surface area contributed by atoms with Crippen LogP contribution < -0.4 is 0 Å². The summed E-state index contributed by atoms with van der Waals surface area (Å²) >= 11 is 0. The van der Waals surface area contributed by atoms with Gasteiger partial charge in [0, 0.05) is 19.5 Å². The summed E-state index contributed by atoms with van der Waals surface area (Å²) in [7, 11) is 0. The second kappa shape index (κ2) is 6.68. The third-order valence-electron chi connectivity index (χ3n) is 4.52. The predicted molar refractivity (Wildman–Crippen MR) is 75.3 cm³/mol. The maximum atomic E-state index is 5.98. The van der Waals surface area contributed by atoms with E-state index in [1.165, 1.54) is 45.1 Å². The Morgan fingerprint density at radius 1 is 1.20 bits per heavy atom. The van der Waals surface area contributed by atoms with Crippen LogP contribution in [0.15, 0.2) is 4.52 Å². The van der Waals surface area contributed by atoms with Gasteiger partial charge in [0.2, 0.25) is 5.89 Å². The molecule has 1 aromatic heterocycles. The maximum Gasteiger partial charge on any atom is 0.223 e. The summed E-state index contributed by atoms with van der Waals surface area (Å²) in [6, 6.07) is 0.794. The van der Waals surface area contributed by atoms with E-state index < -0.39 is 0 Å². The van der Waals surface area contributed by atoms with E-state index in [1.54, 1.807) is 0 Å². The van der Waals surface area contributed by atoms with Crippen LogP contribution in [0, 0.1) is 6.92 Å². The molecule has 5 heteroatoms. The van der Waals surface area contributed by atoms with E-state index in [0.29, 0.717) is 24.4 Å². The number of rotatable bonds is 4. The lowest BCUT2D eigenvalue weighted by molar-refractivity contribution is -0.0282. The zero-order valence-electron chi connectivity index (χ0n) is 12.4. The summed E-state index contributed by atoms with van der Waals surface area (Å²) in [6.07, 6.45) is 9.68. The lowest BCUT2D eigenvalue weighted by Gasteiger charge is -2.39. The topological polar surface area (TPSA) is 51.4 Å². The smallest absolute Gasteiger partial charge is 0.223 e. The van der Waals surface area contributed by atoms with Crippen LogP contribution in [0.25, 0.3) is 0 Å². The van der Waals surface area contributed by atoms with Crippen LogP contribution in [0.2, 0.25) is 0 Å². The molecule has 2 aliphatic rings. The van der Waals surface area contributed by atoms with Crippen LogP contribution in [-0.2, 0) is 11.3 Å². The lowest BCUT2D eigenvalue weighted by atomic mass is 9.92. The minimum Gasteiger partial charge on any atom is -0.369 e. The van der Waals surface area contributed by atoms with Gasteiger partial charge < -0.3 is 9.26 Å². The van der Waals surface area contributed by atoms with Gasteiger partial charge in [-0.3, -0.25) is 4.90 Å². The minimum absolute atomic E-state index is 0.324. The number of hydrogen-bond donors (Lipinski definition) is 0. The molecule has 1 aliphatic carbocycles. The van der Waals surface area contributed by atoms with Crippen LogP contribution in [0.4, 0.5) is 0 Å². The van der Waals surface area contributed by atoms with Gasteiger partial charge in [-0.2, -0.15) is 4.98 Å². The van der Waals surface area contributed by atoms with Crippen LogP contribution in [-0.4, -0.2) is 40.3 Å². The third kappa shape index (κ3) is 3.58. The van der Waals surface area contributed by atoms with Crippen molar-refractivity contribution in [2.75, 3.05) is 13.1 Å². The molecule has 3 rings (SSSR count). The summed E-state index contributed by atoms with van der Waals surface area (Å²) in [5.74, 6) is 1.27. The number of piperidine rings is 1. The molecule has 0 amide bonds. The molecule has 1 saturated heterocycles. The van der Waals surface area contributed by atoms with Crippen LogP contribution >= 0.6 is 0 Å². The van der Waals surface area contributed by atoms with E-state index >= 15 is 0 Å². The lowest BCUT2D eigenvalue weighted by Crippen LogP contribution is -2.46. The van der Waals surface area contributed by atoms with Gasteiger partial charge in [0.05, 0.1) is 6.10 Å². The monoisotopic (exact) mass is 279 g/mol. The number of aryl methyl sites for hydroxylation is 1. The number of ether oxygens (including phenoxy) is 1. The van der Waals surface area contributed by atoms with Crippen molar-refractivity contribution in [2.45, 2.75) is 70.6 Å². The first kappa shape index (κ1) is 14.0. The van der Waals surface area contributed by atoms with Gasteiger partial charge in [-0.05, 0) is 32.2 Å². The van der Waals surface area contributed by atoms with Gasteiger partial charge in [-0.1, -0.05) is 24.4 Å². The fourth-order valence-electron chi connectivity index (χ4n) is 3.47. The van der Waals surface area contributed by atoms with Crippen molar-refractivity contribution in [2.24, 2.45) is 0 Å². The summed E-state index contributed by atoms with van der Waals surface area (Å²) in [4.78, 5) is 6.84. The van der Waals surface area contributed by atoms with Gasteiger partial charge >= 0.3 is 0 Å². The number of likely N-dealkylation sites (tertiary alicyclic amines) is 1. The highest BCUT2D eigenvalue weighted by Crippen LogP contribution is 2.26. The average Bonchev–Trinajstić information content (AvgIpc) is 2.92. The highest BCUT2D eigenvalue weighted by molar-refractivity contribution is 4.84. The van der Waals surface area contributed by atoms with Crippen molar-refractivity contribution in [3.8, 4) is 0 Å².